The van der Waals surface area contributed by atoms with E-state index in [9.17, 15) is 9.18 Å². The van der Waals surface area contributed by atoms with Gasteiger partial charge in [0.1, 0.15) is 11.4 Å². The highest BCUT2D eigenvalue weighted by molar-refractivity contribution is 7.99. The SMILES string of the molecule is CCCNC(C)(CSc1ccc(F)cc1)C(=O)OC. The first-order valence-electron chi connectivity index (χ1n) is 6.23. The molecule has 0 amide bonds. The highest BCUT2D eigenvalue weighted by Crippen LogP contribution is 2.23. The first-order chi connectivity index (χ1) is 9.01. The van der Waals surface area contributed by atoms with Gasteiger partial charge in [0.15, 0.2) is 0 Å². The minimum atomic E-state index is -0.732. The van der Waals surface area contributed by atoms with Crippen LogP contribution in [0.25, 0.3) is 0 Å². The number of halogens is 1. The summed E-state index contributed by atoms with van der Waals surface area (Å²) in [6.45, 7) is 4.61. The summed E-state index contributed by atoms with van der Waals surface area (Å²) < 4.78 is 17.7. The quantitative estimate of drug-likeness (QED) is 0.617. The number of nitrogens with one attached hydrogen (secondary N) is 1. The standard InChI is InChI=1S/C14H20FNO2S/c1-4-9-16-14(2,13(17)18-3)10-19-12-7-5-11(15)6-8-12/h5-8,16H,4,9-10H2,1-3H3. The molecular formula is C14H20FNO2S. The molecule has 0 fully saturated rings. The lowest BCUT2D eigenvalue weighted by Crippen LogP contribution is -2.52. The van der Waals surface area contributed by atoms with Crippen molar-refractivity contribution in [2.75, 3.05) is 19.4 Å². The van der Waals surface area contributed by atoms with Crippen LogP contribution in [0.3, 0.4) is 0 Å². The molecule has 1 aromatic carbocycles. The lowest BCUT2D eigenvalue weighted by atomic mass is 10.1. The summed E-state index contributed by atoms with van der Waals surface area (Å²) in [6, 6.07) is 6.24. The Labute approximate surface area is 117 Å². The van der Waals surface area contributed by atoms with Crippen LogP contribution in [-0.2, 0) is 9.53 Å². The van der Waals surface area contributed by atoms with Crippen molar-refractivity contribution in [3.05, 3.63) is 30.1 Å². The molecule has 0 aromatic heterocycles. The molecule has 1 aromatic rings. The fraction of sp³-hybridized carbons (Fsp3) is 0.500. The van der Waals surface area contributed by atoms with Crippen LogP contribution in [0.1, 0.15) is 20.3 Å². The molecule has 0 saturated carbocycles. The number of hydrogen-bond donors (Lipinski definition) is 1. The molecule has 5 heteroatoms. The largest absolute Gasteiger partial charge is 0.468 e. The number of rotatable bonds is 7. The van der Waals surface area contributed by atoms with Gasteiger partial charge in [0.05, 0.1) is 7.11 Å². The Hall–Kier alpha value is -1.07. The van der Waals surface area contributed by atoms with Crippen LogP contribution in [0, 0.1) is 5.82 Å². The minimum absolute atomic E-state index is 0.260. The number of methoxy groups -OCH3 is 1. The molecule has 0 bridgehead atoms. The lowest BCUT2D eigenvalue weighted by Gasteiger charge is -2.27. The predicted octanol–water partition coefficient (Wildman–Crippen LogP) is 2.85. The number of ether oxygens (including phenoxy) is 1. The molecule has 19 heavy (non-hydrogen) atoms. The summed E-state index contributed by atoms with van der Waals surface area (Å²) in [5, 5.41) is 3.21. The van der Waals surface area contributed by atoms with Gasteiger partial charge in [0, 0.05) is 10.6 Å². The first kappa shape index (κ1) is 16.0. The number of carbonyl (C=O) groups is 1. The molecule has 1 rings (SSSR count). The van der Waals surface area contributed by atoms with Gasteiger partial charge in [-0.05, 0) is 44.2 Å². The second kappa shape index (κ2) is 7.50. The van der Waals surface area contributed by atoms with E-state index in [0.717, 1.165) is 17.9 Å². The Bertz CT molecular complexity index is 410. The fourth-order valence-electron chi connectivity index (χ4n) is 1.57. The normalized spacial score (nSPS) is 13.9. The van der Waals surface area contributed by atoms with Crippen molar-refractivity contribution in [2.24, 2.45) is 0 Å². The smallest absolute Gasteiger partial charge is 0.326 e. The number of benzene rings is 1. The maximum atomic E-state index is 12.8. The van der Waals surface area contributed by atoms with E-state index in [0.29, 0.717) is 5.75 Å². The van der Waals surface area contributed by atoms with Crippen molar-refractivity contribution < 1.29 is 13.9 Å². The van der Waals surface area contributed by atoms with Gasteiger partial charge in [-0.2, -0.15) is 0 Å². The fourth-order valence-corrected chi connectivity index (χ4v) is 2.57. The maximum Gasteiger partial charge on any atom is 0.326 e. The monoisotopic (exact) mass is 285 g/mol. The molecule has 0 radical (unpaired) electrons. The zero-order valence-corrected chi connectivity index (χ0v) is 12.3. The van der Waals surface area contributed by atoms with Gasteiger partial charge in [-0.15, -0.1) is 11.8 Å². The first-order valence-corrected chi connectivity index (χ1v) is 7.22. The number of carbonyl (C=O) groups excluding carboxylic acids is 1. The van der Waals surface area contributed by atoms with Crippen LogP contribution in [-0.4, -0.2) is 30.9 Å². The van der Waals surface area contributed by atoms with Gasteiger partial charge < -0.3 is 10.1 Å². The topological polar surface area (TPSA) is 38.3 Å². The molecule has 0 aliphatic carbocycles. The van der Waals surface area contributed by atoms with Crippen LogP contribution in [0.5, 0.6) is 0 Å². The van der Waals surface area contributed by atoms with Crippen molar-refractivity contribution in [2.45, 2.75) is 30.7 Å². The average molecular weight is 285 g/mol. The molecule has 0 spiro atoms. The number of hydrogen-bond acceptors (Lipinski definition) is 4. The van der Waals surface area contributed by atoms with E-state index in [1.807, 2.05) is 13.8 Å². The van der Waals surface area contributed by atoms with E-state index >= 15 is 0 Å². The summed E-state index contributed by atoms with van der Waals surface area (Å²) in [6.07, 6.45) is 0.938. The van der Waals surface area contributed by atoms with Gasteiger partial charge in [0.2, 0.25) is 0 Å². The van der Waals surface area contributed by atoms with E-state index in [1.165, 1.54) is 31.0 Å². The van der Waals surface area contributed by atoms with Gasteiger partial charge in [0.25, 0.3) is 0 Å². The zero-order chi connectivity index (χ0) is 14.3. The van der Waals surface area contributed by atoms with Crippen LogP contribution >= 0.6 is 11.8 Å². The molecule has 1 atom stereocenters. The summed E-state index contributed by atoms with van der Waals surface area (Å²) in [4.78, 5) is 12.8. The van der Waals surface area contributed by atoms with Crippen LogP contribution < -0.4 is 5.32 Å². The molecule has 0 saturated heterocycles. The van der Waals surface area contributed by atoms with Crippen LogP contribution in [0.2, 0.25) is 0 Å². The molecule has 3 nitrogen and oxygen atoms in total. The summed E-state index contributed by atoms with van der Waals surface area (Å²) in [5.41, 5.74) is -0.732. The summed E-state index contributed by atoms with van der Waals surface area (Å²) >= 11 is 1.50. The maximum absolute atomic E-state index is 12.8. The highest BCUT2D eigenvalue weighted by atomic mass is 32.2. The third kappa shape index (κ3) is 4.84. The van der Waals surface area contributed by atoms with E-state index in [2.05, 4.69) is 5.32 Å². The summed E-state index contributed by atoms with van der Waals surface area (Å²) in [5.74, 6) is -0.00886. The van der Waals surface area contributed by atoms with E-state index in [-0.39, 0.29) is 11.8 Å². The average Bonchev–Trinajstić information content (AvgIpc) is 2.43. The Morgan fingerprint density at radius 1 is 1.42 bits per heavy atom. The van der Waals surface area contributed by atoms with Gasteiger partial charge >= 0.3 is 5.97 Å². The van der Waals surface area contributed by atoms with E-state index in [4.69, 9.17) is 4.74 Å². The van der Waals surface area contributed by atoms with Gasteiger partial charge in [-0.1, -0.05) is 6.92 Å². The molecule has 0 aliphatic rings. The second-order valence-electron chi connectivity index (χ2n) is 4.49. The Morgan fingerprint density at radius 3 is 2.58 bits per heavy atom. The molecule has 0 heterocycles. The number of thioether (sulfide) groups is 1. The molecule has 0 aliphatic heterocycles. The van der Waals surface area contributed by atoms with E-state index in [1.54, 1.807) is 12.1 Å². The molecule has 1 unspecified atom stereocenters. The second-order valence-corrected chi connectivity index (χ2v) is 5.54. The van der Waals surface area contributed by atoms with Crippen molar-refractivity contribution in [3.8, 4) is 0 Å². The third-order valence-corrected chi connectivity index (χ3v) is 4.07. The van der Waals surface area contributed by atoms with Crippen LogP contribution in [0.15, 0.2) is 29.2 Å². The van der Waals surface area contributed by atoms with E-state index < -0.39 is 5.54 Å². The molecular weight excluding hydrogens is 265 g/mol. The Kier molecular flexibility index (Phi) is 6.31. The zero-order valence-electron chi connectivity index (χ0n) is 11.5. The van der Waals surface area contributed by atoms with Gasteiger partial charge in [-0.25, -0.2) is 4.39 Å². The molecule has 1 N–H and O–H groups in total. The summed E-state index contributed by atoms with van der Waals surface area (Å²) in [7, 11) is 1.39. The van der Waals surface area contributed by atoms with Crippen molar-refractivity contribution in [3.63, 3.8) is 0 Å². The van der Waals surface area contributed by atoms with Crippen molar-refractivity contribution >= 4 is 17.7 Å². The Morgan fingerprint density at radius 2 is 2.05 bits per heavy atom. The Balaban J connectivity index is 2.67. The predicted molar refractivity (Wildman–Crippen MR) is 75.8 cm³/mol. The third-order valence-electron chi connectivity index (χ3n) is 2.74. The minimum Gasteiger partial charge on any atom is -0.468 e. The van der Waals surface area contributed by atoms with Crippen molar-refractivity contribution in [1.82, 2.24) is 5.32 Å². The lowest BCUT2D eigenvalue weighted by molar-refractivity contribution is -0.146. The molecule has 106 valence electrons. The highest BCUT2D eigenvalue weighted by Gasteiger charge is 2.33. The van der Waals surface area contributed by atoms with Crippen LogP contribution in [0.4, 0.5) is 4.39 Å². The van der Waals surface area contributed by atoms with Gasteiger partial charge in [-0.3, -0.25) is 4.79 Å². The number of esters is 1. The van der Waals surface area contributed by atoms with Crippen molar-refractivity contribution in [1.29, 1.82) is 0 Å².